The Balaban J connectivity index is 2.70. The van der Waals surface area contributed by atoms with E-state index in [0.717, 1.165) is 0 Å². The van der Waals surface area contributed by atoms with Gasteiger partial charge in [0.2, 0.25) is 0 Å². The number of carbonyl (C=O) groups excluding carboxylic acids is 1. The molecule has 2 N–H and O–H groups in total. The Labute approximate surface area is 113 Å². The first-order valence-corrected chi connectivity index (χ1v) is 5.73. The van der Waals surface area contributed by atoms with Crippen molar-refractivity contribution < 1.29 is 23.1 Å². The van der Waals surface area contributed by atoms with Crippen LogP contribution in [0.25, 0.3) is 0 Å². The molecule has 4 nitrogen and oxygen atoms in total. The molecule has 0 aliphatic rings. The van der Waals surface area contributed by atoms with Gasteiger partial charge in [0.25, 0.3) is 5.91 Å². The summed E-state index contributed by atoms with van der Waals surface area (Å²) in [6.45, 7) is -0.936. The molecule has 1 amide bonds. The minimum atomic E-state index is -4.78. The molecule has 1 rings (SSSR count). The number of pyridine rings is 1. The van der Waals surface area contributed by atoms with Gasteiger partial charge in [-0.05, 0) is 22.0 Å². The zero-order valence-corrected chi connectivity index (χ0v) is 11.0. The summed E-state index contributed by atoms with van der Waals surface area (Å²) in [6, 6.07) is 1.28. The minimum absolute atomic E-state index is 0.0130. The van der Waals surface area contributed by atoms with E-state index in [9.17, 15) is 18.0 Å². The number of alkyl halides is 3. The Bertz CT molecular complexity index is 456. The van der Waals surface area contributed by atoms with Gasteiger partial charge in [-0.2, -0.15) is 13.2 Å². The van der Waals surface area contributed by atoms with Gasteiger partial charge in [-0.3, -0.25) is 4.79 Å². The number of aliphatic hydroxyl groups is 1. The van der Waals surface area contributed by atoms with E-state index in [1.165, 1.54) is 12.3 Å². The number of nitrogens with one attached hydrogen (secondary N) is 1. The molecule has 0 radical (unpaired) electrons. The summed E-state index contributed by atoms with van der Waals surface area (Å²) >= 11 is 8.61. The molecule has 1 atom stereocenters. The highest BCUT2D eigenvalue weighted by Gasteiger charge is 2.38. The number of hydrogen-bond donors (Lipinski definition) is 2. The number of halogens is 5. The van der Waals surface area contributed by atoms with Crippen LogP contribution < -0.4 is 5.32 Å². The highest BCUT2D eigenvalue weighted by molar-refractivity contribution is 9.10. The van der Waals surface area contributed by atoms with Crippen LogP contribution in [0.15, 0.2) is 16.7 Å². The van der Waals surface area contributed by atoms with Crippen molar-refractivity contribution in [2.24, 2.45) is 0 Å². The van der Waals surface area contributed by atoms with Gasteiger partial charge >= 0.3 is 6.18 Å². The highest BCUT2D eigenvalue weighted by atomic mass is 79.9. The van der Waals surface area contributed by atoms with Crippen LogP contribution in [-0.2, 0) is 0 Å². The molecule has 0 bridgehead atoms. The van der Waals surface area contributed by atoms with Crippen LogP contribution in [0.1, 0.15) is 10.4 Å². The second kappa shape index (κ2) is 5.85. The summed E-state index contributed by atoms with van der Waals surface area (Å²) in [5, 5.41) is 10.7. The van der Waals surface area contributed by atoms with Gasteiger partial charge in [0.05, 0.1) is 16.6 Å². The lowest BCUT2D eigenvalue weighted by Crippen LogP contribution is -2.40. The van der Waals surface area contributed by atoms with Crippen molar-refractivity contribution in [3.8, 4) is 0 Å². The molecule has 0 unspecified atom stereocenters. The summed E-state index contributed by atoms with van der Waals surface area (Å²) in [5.74, 6) is -0.797. The van der Waals surface area contributed by atoms with Crippen LogP contribution in [0, 0.1) is 0 Å². The standard InChI is InChI=1S/C9H7BrClF3N2O2/c10-6-4(1-2-15-7(6)11)8(18)16-3-5(17)9(12,13)14/h1-2,5,17H,3H2,(H,16,18)/t5-/m0/s1. The van der Waals surface area contributed by atoms with Gasteiger partial charge in [-0.15, -0.1) is 0 Å². The first kappa shape index (κ1) is 15.2. The van der Waals surface area contributed by atoms with Crippen molar-refractivity contribution in [3.63, 3.8) is 0 Å². The predicted molar refractivity (Wildman–Crippen MR) is 61.3 cm³/mol. The average Bonchev–Trinajstić information content (AvgIpc) is 2.27. The van der Waals surface area contributed by atoms with E-state index in [0.29, 0.717) is 0 Å². The topological polar surface area (TPSA) is 62.2 Å². The third kappa shape index (κ3) is 3.82. The molecule has 18 heavy (non-hydrogen) atoms. The Kier molecular flexibility index (Phi) is 4.94. The van der Waals surface area contributed by atoms with Gasteiger partial charge < -0.3 is 10.4 Å². The number of nitrogens with zero attached hydrogens (tertiary/aromatic N) is 1. The maximum atomic E-state index is 12.0. The van der Waals surface area contributed by atoms with Gasteiger partial charge in [0.1, 0.15) is 5.15 Å². The van der Waals surface area contributed by atoms with Gasteiger partial charge in [0.15, 0.2) is 6.10 Å². The van der Waals surface area contributed by atoms with E-state index in [-0.39, 0.29) is 15.2 Å². The van der Waals surface area contributed by atoms with E-state index < -0.39 is 24.7 Å². The number of amides is 1. The molecule has 0 fully saturated rings. The maximum absolute atomic E-state index is 12.0. The SMILES string of the molecule is O=C(NC[C@H](O)C(F)(F)F)c1ccnc(Cl)c1Br. The molecule has 9 heteroatoms. The van der Waals surface area contributed by atoms with E-state index >= 15 is 0 Å². The number of aromatic nitrogens is 1. The summed E-state index contributed by atoms with van der Waals surface area (Å²) in [5.41, 5.74) is 0.0318. The zero-order chi connectivity index (χ0) is 13.9. The largest absolute Gasteiger partial charge is 0.416 e. The molecule has 1 aromatic heterocycles. The van der Waals surface area contributed by atoms with Crippen LogP contribution in [0.4, 0.5) is 13.2 Å². The van der Waals surface area contributed by atoms with Crippen molar-refractivity contribution in [2.45, 2.75) is 12.3 Å². The quantitative estimate of drug-likeness (QED) is 0.824. The molecule has 0 aliphatic heterocycles. The Hall–Kier alpha value is -0.860. The van der Waals surface area contributed by atoms with Crippen LogP contribution in [0.3, 0.4) is 0 Å². The number of rotatable bonds is 3. The Morgan fingerprint density at radius 3 is 2.78 bits per heavy atom. The Morgan fingerprint density at radius 2 is 2.22 bits per heavy atom. The smallest absolute Gasteiger partial charge is 0.382 e. The summed E-state index contributed by atoms with van der Waals surface area (Å²) < 4.78 is 36.2. The number of aliphatic hydroxyl groups excluding tert-OH is 1. The van der Waals surface area contributed by atoms with E-state index in [2.05, 4.69) is 20.9 Å². The third-order valence-electron chi connectivity index (χ3n) is 1.93. The fourth-order valence-electron chi connectivity index (χ4n) is 0.994. The molecule has 0 spiro atoms. The van der Waals surface area contributed by atoms with Crippen molar-refractivity contribution in [2.75, 3.05) is 6.54 Å². The minimum Gasteiger partial charge on any atom is -0.382 e. The third-order valence-corrected chi connectivity index (χ3v) is 3.24. The fourth-order valence-corrected chi connectivity index (χ4v) is 1.57. The van der Waals surface area contributed by atoms with Crippen molar-refractivity contribution in [3.05, 3.63) is 27.5 Å². The van der Waals surface area contributed by atoms with Crippen molar-refractivity contribution in [1.29, 1.82) is 0 Å². The molecule has 100 valence electrons. The van der Waals surface area contributed by atoms with Crippen LogP contribution in [0.2, 0.25) is 5.15 Å². The average molecular weight is 348 g/mol. The van der Waals surface area contributed by atoms with Crippen LogP contribution in [0.5, 0.6) is 0 Å². The lowest BCUT2D eigenvalue weighted by Gasteiger charge is -2.15. The first-order valence-electron chi connectivity index (χ1n) is 4.56. The van der Waals surface area contributed by atoms with Crippen LogP contribution in [-0.4, -0.2) is 34.8 Å². The lowest BCUT2D eigenvalue weighted by molar-refractivity contribution is -0.201. The van der Waals surface area contributed by atoms with Crippen molar-refractivity contribution in [1.82, 2.24) is 10.3 Å². The second-order valence-electron chi connectivity index (χ2n) is 3.23. The maximum Gasteiger partial charge on any atom is 0.416 e. The normalized spacial score (nSPS) is 13.2. The number of carbonyl (C=O) groups is 1. The van der Waals surface area contributed by atoms with E-state index in [1.807, 2.05) is 5.32 Å². The highest BCUT2D eigenvalue weighted by Crippen LogP contribution is 2.24. The first-order chi connectivity index (χ1) is 8.23. The molecule has 0 aromatic carbocycles. The lowest BCUT2D eigenvalue weighted by atomic mass is 10.2. The summed E-state index contributed by atoms with van der Waals surface area (Å²) in [6.07, 6.45) is -6.15. The molecule has 0 saturated carbocycles. The van der Waals surface area contributed by atoms with E-state index in [4.69, 9.17) is 16.7 Å². The summed E-state index contributed by atoms with van der Waals surface area (Å²) in [4.78, 5) is 15.2. The van der Waals surface area contributed by atoms with Crippen molar-refractivity contribution >= 4 is 33.4 Å². The second-order valence-corrected chi connectivity index (χ2v) is 4.38. The van der Waals surface area contributed by atoms with Crippen LogP contribution >= 0.6 is 27.5 Å². The van der Waals surface area contributed by atoms with Gasteiger partial charge in [0, 0.05) is 6.20 Å². The fraction of sp³-hybridized carbons (Fsp3) is 0.333. The monoisotopic (exact) mass is 346 g/mol. The zero-order valence-electron chi connectivity index (χ0n) is 8.63. The molecule has 0 aliphatic carbocycles. The molecular weight excluding hydrogens is 340 g/mol. The Morgan fingerprint density at radius 1 is 1.61 bits per heavy atom. The number of hydrogen-bond acceptors (Lipinski definition) is 3. The molecule has 1 aromatic rings. The molecule has 0 saturated heterocycles. The van der Waals surface area contributed by atoms with E-state index in [1.54, 1.807) is 0 Å². The van der Waals surface area contributed by atoms with Gasteiger partial charge in [-0.25, -0.2) is 4.98 Å². The summed E-state index contributed by atoms with van der Waals surface area (Å²) in [7, 11) is 0. The molecular formula is C9H7BrClF3N2O2. The van der Waals surface area contributed by atoms with Gasteiger partial charge in [-0.1, -0.05) is 11.6 Å². The predicted octanol–water partition coefficient (Wildman–Crippen LogP) is 2.15. The molecule has 1 heterocycles.